The van der Waals surface area contributed by atoms with E-state index in [2.05, 4.69) is 15.3 Å². The summed E-state index contributed by atoms with van der Waals surface area (Å²) >= 11 is 0. The van der Waals surface area contributed by atoms with Gasteiger partial charge in [0.25, 0.3) is 5.91 Å². The molecule has 6 heteroatoms. The third kappa shape index (κ3) is 7.86. The lowest BCUT2D eigenvalue weighted by molar-refractivity contribution is -0.144. The normalized spacial score (nSPS) is 20.2. The molecule has 1 aliphatic rings. The van der Waals surface area contributed by atoms with Crippen molar-refractivity contribution in [2.24, 2.45) is 0 Å². The highest BCUT2D eigenvalue weighted by Gasteiger charge is 2.48. The van der Waals surface area contributed by atoms with Gasteiger partial charge < -0.3 is 9.47 Å². The monoisotopic (exact) mass is 347 g/mol. The summed E-state index contributed by atoms with van der Waals surface area (Å²) in [6.45, 7) is 9.29. The van der Waals surface area contributed by atoms with E-state index in [1.165, 1.54) is 0 Å². The molecule has 0 bridgehead atoms. The Bertz CT molecular complexity index is 587. The lowest BCUT2D eigenvalue weighted by Gasteiger charge is -2.25. The van der Waals surface area contributed by atoms with E-state index >= 15 is 0 Å². The number of carbonyl (C=O) groups is 1. The van der Waals surface area contributed by atoms with Crippen LogP contribution >= 0.6 is 0 Å². The lowest BCUT2D eigenvalue weighted by Crippen LogP contribution is -2.42. The minimum absolute atomic E-state index is 0.131. The maximum absolute atomic E-state index is 11.9. The SMILES string of the molecule is Cc1ncc(/C=C\C(=O)CCCCCNC2(OC(C)(C)C)CO2)cn1. The zero-order chi connectivity index (χ0) is 18.3. The van der Waals surface area contributed by atoms with E-state index in [1.54, 1.807) is 24.5 Å². The van der Waals surface area contributed by atoms with Crippen LogP contribution in [0.3, 0.4) is 0 Å². The standard InChI is InChI=1S/C19H29N3O3/c1-15-20-12-16(13-21-15)9-10-17(23)8-6-5-7-11-22-19(14-24-19)25-18(2,3)4/h9-10,12-13,22H,5-8,11,14H2,1-4H3/b10-9-. The Hall–Kier alpha value is -1.63. The molecule has 1 aliphatic heterocycles. The topological polar surface area (TPSA) is 76.6 Å². The minimum atomic E-state index is -0.590. The van der Waals surface area contributed by atoms with Crippen molar-refractivity contribution < 1.29 is 14.3 Å². The summed E-state index contributed by atoms with van der Waals surface area (Å²) in [5.41, 5.74) is 0.613. The van der Waals surface area contributed by atoms with Gasteiger partial charge in [0.05, 0.1) is 5.60 Å². The number of carbonyl (C=O) groups excluding carboxylic acids is 1. The highest BCUT2D eigenvalue weighted by molar-refractivity contribution is 5.93. The number of ketones is 1. The molecule has 1 aromatic heterocycles. The molecule has 2 heterocycles. The van der Waals surface area contributed by atoms with Crippen LogP contribution in [-0.2, 0) is 14.3 Å². The van der Waals surface area contributed by atoms with Gasteiger partial charge in [-0.2, -0.15) is 0 Å². The second kappa shape index (κ2) is 8.65. The summed E-state index contributed by atoms with van der Waals surface area (Å²) in [6.07, 6.45) is 10.2. The van der Waals surface area contributed by atoms with Crippen molar-refractivity contribution in [1.82, 2.24) is 15.3 Å². The van der Waals surface area contributed by atoms with E-state index < -0.39 is 5.91 Å². The average molecular weight is 347 g/mol. The van der Waals surface area contributed by atoms with Gasteiger partial charge in [-0.05, 0) is 52.7 Å². The fourth-order valence-electron chi connectivity index (χ4n) is 2.40. The molecule has 1 N–H and O–H groups in total. The molecule has 0 saturated carbocycles. The van der Waals surface area contributed by atoms with Crippen molar-refractivity contribution >= 4 is 11.9 Å². The Balaban J connectivity index is 1.55. The van der Waals surface area contributed by atoms with E-state index in [0.717, 1.165) is 37.2 Å². The molecule has 0 spiro atoms. The number of nitrogens with zero attached hydrogens (tertiary/aromatic N) is 2. The molecule has 1 fully saturated rings. The largest absolute Gasteiger partial charge is 0.330 e. The predicted molar refractivity (Wildman–Crippen MR) is 96.8 cm³/mol. The highest BCUT2D eigenvalue weighted by Crippen LogP contribution is 2.30. The highest BCUT2D eigenvalue weighted by atomic mass is 16.8. The van der Waals surface area contributed by atoms with E-state index in [9.17, 15) is 4.79 Å². The Kier molecular flexibility index (Phi) is 6.81. The summed E-state index contributed by atoms with van der Waals surface area (Å²) in [5, 5.41) is 3.31. The first-order chi connectivity index (χ1) is 11.8. The van der Waals surface area contributed by atoms with Crippen LogP contribution in [0.5, 0.6) is 0 Å². The number of hydrogen-bond donors (Lipinski definition) is 1. The first-order valence-corrected chi connectivity index (χ1v) is 8.87. The molecule has 1 aromatic rings. The lowest BCUT2D eigenvalue weighted by atomic mass is 10.1. The molecule has 1 atom stereocenters. The number of rotatable bonds is 10. The van der Waals surface area contributed by atoms with Crippen LogP contribution in [0.4, 0.5) is 0 Å². The van der Waals surface area contributed by atoms with Gasteiger partial charge in [0.1, 0.15) is 12.4 Å². The number of hydrogen-bond acceptors (Lipinski definition) is 6. The number of nitrogens with one attached hydrogen (secondary N) is 1. The fourth-order valence-corrected chi connectivity index (χ4v) is 2.40. The molecule has 1 unspecified atom stereocenters. The van der Waals surface area contributed by atoms with Gasteiger partial charge in [-0.3, -0.25) is 10.1 Å². The number of unbranched alkanes of at least 4 members (excludes halogenated alkanes) is 2. The average Bonchev–Trinajstić information content (AvgIpc) is 3.27. The first-order valence-electron chi connectivity index (χ1n) is 8.87. The van der Waals surface area contributed by atoms with Gasteiger partial charge in [0.2, 0.25) is 0 Å². The van der Waals surface area contributed by atoms with Crippen molar-refractivity contribution in [2.75, 3.05) is 13.2 Å². The van der Waals surface area contributed by atoms with Crippen LogP contribution in [-0.4, -0.2) is 40.4 Å². The Labute approximate surface area is 150 Å². The van der Waals surface area contributed by atoms with E-state index in [4.69, 9.17) is 9.47 Å². The summed E-state index contributed by atoms with van der Waals surface area (Å²) in [5.74, 6) is 0.266. The van der Waals surface area contributed by atoms with Crippen molar-refractivity contribution in [3.05, 3.63) is 29.9 Å². The van der Waals surface area contributed by atoms with Gasteiger partial charge >= 0.3 is 0 Å². The van der Waals surface area contributed by atoms with Gasteiger partial charge in [0, 0.05) is 30.9 Å². The second-order valence-electron chi connectivity index (χ2n) is 7.36. The maximum atomic E-state index is 11.9. The Morgan fingerprint density at radius 1 is 1.32 bits per heavy atom. The number of aryl methyl sites for hydroxylation is 1. The van der Waals surface area contributed by atoms with Crippen LogP contribution in [0.2, 0.25) is 0 Å². The summed E-state index contributed by atoms with van der Waals surface area (Å²) in [6, 6.07) is 0. The number of aromatic nitrogens is 2. The number of allylic oxidation sites excluding steroid dienone is 1. The fraction of sp³-hybridized carbons (Fsp3) is 0.632. The van der Waals surface area contributed by atoms with Crippen molar-refractivity contribution in [3.63, 3.8) is 0 Å². The van der Waals surface area contributed by atoms with Crippen molar-refractivity contribution in [3.8, 4) is 0 Å². The zero-order valence-corrected chi connectivity index (χ0v) is 15.7. The molecular weight excluding hydrogens is 318 g/mol. The van der Waals surface area contributed by atoms with Crippen LogP contribution in [0, 0.1) is 6.92 Å². The Morgan fingerprint density at radius 2 is 2.00 bits per heavy atom. The molecule has 138 valence electrons. The molecule has 1 saturated heterocycles. The van der Waals surface area contributed by atoms with Crippen molar-refractivity contribution in [2.45, 2.75) is 64.9 Å². The molecule has 2 rings (SSSR count). The Morgan fingerprint density at radius 3 is 2.60 bits per heavy atom. The van der Waals surface area contributed by atoms with Gasteiger partial charge in [-0.25, -0.2) is 9.97 Å². The van der Waals surface area contributed by atoms with Crippen LogP contribution < -0.4 is 5.32 Å². The summed E-state index contributed by atoms with van der Waals surface area (Å²) < 4.78 is 11.2. The second-order valence-corrected chi connectivity index (χ2v) is 7.36. The van der Waals surface area contributed by atoms with Gasteiger partial charge in [-0.15, -0.1) is 0 Å². The van der Waals surface area contributed by atoms with E-state index in [0.29, 0.717) is 13.0 Å². The molecule has 6 nitrogen and oxygen atoms in total. The summed E-state index contributed by atoms with van der Waals surface area (Å²) in [7, 11) is 0. The molecule has 0 radical (unpaired) electrons. The van der Waals surface area contributed by atoms with Gasteiger partial charge in [-0.1, -0.05) is 6.42 Å². The third-order valence-electron chi connectivity index (χ3n) is 3.63. The zero-order valence-electron chi connectivity index (χ0n) is 15.7. The van der Waals surface area contributed by atoms with Crippen molar-refractivity contribution in [1.29, 1.82) is 0 Å². The molecule has 0 aliphatic carbocycles. The maximum Gasteiger partial charge on any atom is 0.253 e. The molecule has 0 amide bonds. The first kappa shape index (κ1) is 19.7. The van der Waals surface area contributed by atoms with Crippen LogP contribution in [0.25, 0.3) is 6.08 Å². The smallest absolute Gasteiger partial charge is 0.253 e. The number of epoxide rings is 1. The third-order valence-corrected chi connectivity index (χ3v) is 3.63. The molecule has 0 aromatic carbocycles. The minimum Gasteiger partial charge on any atom is -0.330 e. The van der Waals surface area contributed by atoms with Crippen LogP contribution in [0.1, 0.15) is 57.8 Å². The summed E-state index contributed by atoms with van der Waals surface area (Å²) in [4.78, 5) is 20.1. The quantitative estimate of drug-likeness (QED) is 0.303. The van der Waals surface area contributed by atoms with Crippen LogP contribution in [0.15, 0.2) is 18.5 Å². The van der Waals surface area contributed by atoms with E-state index in [1.807, 2.05) is 27.7 Å². The molecular formula is C19H29N3O3. The predicted octanol–water partition coefficient (Wildman–Crippen LogP) is 3.02. The van der Waals surface area contributed by atoms with Gasteiger partial charge in [0.15, 0.2) is 5.78 Å². The molecule has 25 heavy (non-hydrogen) atoms. The van der Waals surface area contributed by atoms with E-state index in [-0.39, 0.29) is 11.4 Å². The number of ether oxygens (including phenoxy) is 2.